The molecule has 4 aromatic rings. The third-order valence-electron chi connectivity index (χ3n) is 5.75. The van der Waals surface area contributed by atoms with Crippen LogP contribution in [0, 0.1) is 13.8 Å². The molecule has 1 atom stereocenters. The van der Waals surface area contributed by atoms with E-state index in [9.17, 15) is 4.79 Å². The third-order valence-corrected chi connectivity index (χ3v) is 5.75. The summed E-state index contributed by atoms with van der Waals surface area (Å²) in [5.41, 5.74) is 4.72. The van der Waals surface area contributed by atoms with Crippen LogP contribution >= 0.6 is 0 Å². The Bertz CT molecular complexity index is 1210. The molecule has 0 fully saturated rings. The number of imidazole rings is 1. The van der Waals surface area contributed by atoms with Crippen molar-refractivity contribution in [3.63, 3.8) is 0 Å². The molecule has 2 heterocycles. The molecular formula is C27H30N4O2. The highest BCUT2D eigenvalue weighted by Crippen LogP contribution is 2.24. The number of pyridine rings is 1. The van der Waals surface area contributed by atoms with E-state index in [4.69, 9.17) is 9.72 Å². The Kier molecular flexibility index (Phi) is 7.03. The van der Waals surface area contributed by atoms with Gasteiger partial charge in [0.25, 0.3) is 5.91 Å². The summed E-state index contributed by atoms with van der Waals surface area (Å²) in [6.45, 7) is 7.58. The van der Waals surface area contributed by atoms with Gasteiger partial charge in [0.05, 0.1) is 23.7 Å². The van der Waals surface area contributed by atoms with Crippen LogP contribution in [0.2, 0.25) is 0 Å². The van der Waals surface area contributed by atoms with Crippen molar-refractivity contribution in [3.05, 3.63) is 89.5 Å². The van der Waals surface area contributed by atoms with Crippen molar-refractivity contribution in [2.45, 2.75) is 46.2 Å². The fourth-order valence-electron chi connectivity index (χ4n) is 4.06. The Morgan fingerprint density at radius 1 is 1.00 bits per heavy atom. The molecule has 1 N–H and O–H groups in total. The average molecular weight is 443 g/mol. The lowest BCUT2D eigenvalue weighted by atomic mass is 10.1. The standard InChI is InChI=1S/C27H30N4O2/c1-19-11-10-12-20(2)25(19)33-18-9-8-17-31-24-15-5-4-13-22(24)30-26(31)21(3)29-27(32)23-14-6-7-16-28-23/h4-7,10-16,21H,8-9,17-18H2,1-3H3,(H,29,32). The number of para-hydroxylation sites is 3. The quantitative estimate of drug-likeness (QED) is 0.353. The maximum absolute atomic E-state index is 12.6. The fourth-order valence-corrected chi connectivity index (χ4v) is 4.06. The van der Waals surface area contributed by atoms with Crippen LogP contribution in [-0.4, -0.2) is 27.0 Å². The molecule has 2 aromatic heterocycles. The number of aryl methyl sites for hydroxylation is 3. The van der Waals surface area contributed by atoms with Gasteiger partial charge in [0.1, 0.15) is 17.3 Å². The number of unbranched alkanes of at least 4 members (excludes halogenated alkanes) is 1. The van der Waals surface area contributed by atoms with E-state index in [-0.39, 0.29) is 11.9 Å². The lowest BCUT2D eigenvalue weighted by Gasteiger charge is -2.16. The van der Waals surface area contributed by atoms with E-state index >= 15 is 0 Å². The van der Waals surface area contributed by atoms with Gasteiger partial charge in [-0.2, -0.15) is 0 Å². The zero-order valence-corrected chi connectivity index (χ0v) is 19.4. The SMILES string of the molecule is Cc1cccc(C)c1OCCCCn1c(C(C)NC(=O)c2ccccn2)nc2ccccc21. The number of carbonyl (C=O) groups excluding carboxylic acids is 1. The second-order valence-electron chi connectivity index (χ2n) is 8.30. The van der Waals surface area contributed by atoms with Crippen LogP contribution in [0.3, 0.4) is 0 Å². The Balaban J connectivity index is 1.43. The van der Waals surface area contributed by atoms with Crippen molar-refractivity contribution in [2.75, 3.05) is 6.61 Å². The molecule has 0 spiro atoms. The number of ether oxygens (including phenoxy) is 1. The van der Waals surface area contributed by atoms with Gasteiger partial charge in [0.2, 0.25) is 0 Å². The van der Waals surface area contributed by atoms with Crippen LogP contribution in [0.4, 0.5) is 0 Å². The molecule has 6 nitrogen and oxygen atoms in total. The Labute approximate surface area is 194 Å². The van der Waals surface area contributed by atoms with Gasteiger partial charge in [-0.15, -0.1) is 0 Å². The van der Waals surface area contributed by atoms with Crippen LogP contribution in [0.5, 0.6) is 5.75 Å². The number of aromatic nitrogens is 3. The highest BCUT2D eigenvalue weighted by molar-refractivity contribution is 5.92. The summed E-state index contributed by atoms with van der Waals surface area (Å²) in [4.78, 5) is 21.6. The van der Waals surface area contributed by atoms with Crippen molar-refractivity contribution in [2.24, 2.45) is 0 Å². The molecule has 1 unspecified atom stereocenters. The summed E-state index contributed by atoms with van der Waals surface area (Å²) in [5, 5.41) is 3.04. The Hall–Kier alpha value is -3.67. The first-order valence-electron chi connectivity index (χ1n) is 11.4. The molecule has 0 saturated heterocycles. The number of nitrogens with one attached hydrogen (secondary N) is 1. The molecule has 170 valence electrons. The van der Waals surface area contributed by atoms with Crippen molar-refractivity contribution in [3.8, 4) is 5.75 Å². The van der Waals surface area contributed by atoms with Crippen LogP contribution in [0.25, 0.3) is 11.0 Å². The predicted octanol–water partition coefficient (Wildman–Crippen LogP) is 5.40. The van der Waals surface area contributed by atoms with E-state index in [0.717, 1.165) is 53.1 Å². The van der Waals surface area contributed by atoms with Gasteiger partial charge in [0, 0.05) is 12.7 Å². The minimum absolute atomic E-state index is 0.205. The van der Waals surface area contributed by atoms with Crippen LogP contribution in [-0.2, 0) is 6.54 Å². The van der Waals surface area contributed by atoms with Crippen molar-refractivity contribution in [1.29, 1.82) is 0 Å². The maximum Gasteiger partial charge on any atom is 0.270 e. The number of rotatable bonds is 9. The van der Waals surface area contributed by atoms with Crippen LogP contribution in [0.15, 0.2) is 66.9 Å². The molecule has 6 heteroatoms. The monoisotopic (exact) mass is 442 g/mol. The summed E-state index contributed by atoms with van der Waals surface area (Å²) in [6, 6.07) is 19.4. The number of fused-ring (bicyclic) bond motifs is 1. The molecule has 4 rings (SSSR count). The second-order valence-corrected chi connectivity index (χ2v) is 8.30. The molecular weight excluding hydrogens is 412 g/mol. The van der Waals surface area contributed by atoms with E-state index in [0.29, 0.717) is 12.3 Å². The number of benzene rings is 2. The maximum atomic E-state index is 12.6. The third kappa shape index (κ3) is 5.22. The van der Waals surface area contributed by atoms with Gasteiger partial charge in [0.15, 0.2) is 0 Å². The summed E-state index contributed by atoms with van der Waals surface area (Å²) >= 11 is 0. The predicted molar refractivity (Wildman–Crippen MR) is 130 cm³/mol. The average Bonchev–Trinajstić information content (AvgIpc) is 3.20. The zero-order chi connectivity index (χ0) is 23.2. The van der Waals surface area contributed by atoms with Gasteiger partial charge in [-0.25, -0.2) is 4.98 Å². The Morgan fingerprint density at radius 3 is 2.52 bits per heavy atom. The largest absolute Gasteiger partial charge is 0.493 e. The summed E-state index contributed by atoms with van der Waals surface area (Å²) in [6.07, 6.45) is 3.49. The molecule has 0 aliphatic carbocycles. The lowest BCUT2D eigenvalue weighted by Crippen LogP contribution is -2.29. The van der Waals surface area contributed by atoms with Gasteiger partial charge >= 0.3 is 0 Å². The molecule has 0 aliphatic rings. The lowest BCUT2D eigenvalue weighted by molar-refractivity contribution is 0.0932. The second kappa shape index (κ2) is 10.3. The number of hydrogen-bond acceptors (Lipinski definition) is 4. The molecule has 2 aromatic carbocycles. The highest BCUT2D eigenvalue weighted by atomic mass is 16.5. The van der Waals surface area contributed by atoms with Gasteiger partial charge in [-0.05, 0) is 69.0 Å². The van der Waals surface area contributed by atoms with E-state index < -0.39 is 0 Å². The Morgan fingerprint density at radius 2 is 1.76 bits per heavy atom. The highest BCUT2D eigenvalue weighted by Gasteiger charge is 2.19. The number of nitrogens with zero attached hydrogens (tertiary/aromatic N) is 3. The fraction of sp³-hybridized carbons (Fsp3) is 0.296. The van der Waals surface area contributed by atoms with E-state index in [1.807, 2.05) is 31.2 Å². The number of amides is 1. The minimum Gasteiger partial charge on any atom is -0.493 e. The number of hydrogen-bond donors (Lipinski definition) is 1. The number of carbonyl (C=O) groups is 1. The minimum atomic E-state index is -0.252. The molecule has 0 bridgehead atoms. The van der Waals surface area contributed by atoms with Crippen LogP contribution < -0.4 is 10.1 Å². The van der Waals surface area contributed by atoms with Gasteiger partial charge in [-0.1, -0.05) is 36.4 Å². The normalized spacial score (nSPS) is 12.0. The van der Waals surface area contributed by atoms with E-state index in [2.05, 4.69) is 53.0 Å². The summed E-state index contributed by atoms with van der Waals surface area (Å²) in [7, 11) is 0. The first-order valence-corrected chi connectivity index (χ1v) is 11.4. The van der Waals surface area contributed by atoms with Gasteiger partial charge < -0.3 is 14.6 Å². The zero-order valence-electron chi connectivity index (χ0n) is 19.4. The van der Waals surface area contributed by atoms with E-state index in [1.54, 1.807) is 18.3 Å². The summed E-state index contributed by atoms with van der Waals surface area (Å²) in [5.74, 6) is 1.62. The molecule has 1 amide bonds. The smallest absolute Gasteiger partial charge is 0.270 e. The molecule has 33 heavy (non-hydrogen) atoms. The van der Waals surface area contributed by atoms with Crippen LogP contribution in [0.1, 0.15) is 53.2 Å². The topological polar surface area (TPSA) is 69.0 Å². The van der Waals surface area contributed by atoms with E-state index in [1.165, 1.54) is 0 Å². The molecule has 0 saturated carbocycles. The van der Waals surface area contributed by atoms with Crippen molar-refractivity contribution >= 4 is 16.9 Å². The molecule has 0 radical (unpaired) electrons. The van der Waals surface area contributed by atoms with Crippen molar-refractivity contribution < 1.29 is 9.53 Å². The summed E-state index contributed by atoms with van der Waals surface area (Å²) < 4.78 is 8.27. The molecule has 0 aliphatic heterocycles. The van der Waals surface area contributed by atoms with Crippen molar-refractivity contribution in [1.82, 2.24) is 19.9 Å². The van der Waals surface area contributed by atoms with Gasteiger partial charge in [-0.3, -0.25) is 9.78 Å². The first kappa shape index (κ1) is 22.5. The first-order chi connectivity index (χ1) is 16.0.